The zero-order chi connectivity index (χ0) is 23.8. The highest BCUT2D eigenvalue weighted by Crippen LogP contribution is 2.35. The van der Waals surface area contributed by atoms with Crippen LogP contribution in [0.15, 0.2) is 39.0 Å². The summed E-state index contributed by atoms with van der Waals surface area (Å²) < 4.78 is 30.4. The lowest BCUT2D eigenvalue weighted by Gasteiger charge is -2.28. The van der Waals surface area contributed by atoms with Crippen molar-refractivity contribution in [3.05, 3.63) is 39.1 Å². The Bertz CT molecular complexity index is 1260. The van der Waals surface area contributed by atoms with Gasteiger partial charge in [-0.3, -0.25) is 9.69 Å². The van der Waals surface area contributed by atoms with Gasteiger partial charge in [-0.05, 0) is 70.2 Å². The molecule has 1 unspecified atom stereocenters. The van der Waals surface area contributed by atoms with Crippen LogP contribution in [0.2, 0.25) is 4.34 Å². The molecule has 0 saturated carbocycles. The Morgan fingerprint density at radius 1 is 1.24 bits per heavy atom. The highest BCUT2D eigenvalue weighted by molar-refractivity contribution is 9.10. The van der Waals surface area contributed by atoms with Crippen molar-refractivity contribution in [1.29, 1.82) is 0 Å². The molecule has 1 aliphatic rings. The molecule has 1 saturated heterocycles. The molecular formula is C21H24BrClN4O3S3. The Morgan fingerprint density at radius 2 is 2.03 bits per heavy atom. The number of aromatic nitrogens is 1. The standard InChI is InChI=1S/C21H24BrClN4O3S3/c1-25(2)10-4-11-26(21-24-15-7-6-14(22)13-17(15)31-21)20(28)16-5-3-12-27(16)33(29,30)19-9-8-18(23)32-19/h6-9,13,16H,3-5,10-12H2,1-2H3. The Kier molecular flexibility index (Phi) is 7.79. The molecule has 2 aromatic heterocycles. The fraction of sp³-hybridized carbons (Fsp3) is 0.429. The Hall–Kier alpha value is -1.08. The third-order valence-corrected chi connectivity index (χ3v) is 10.6. The smallest absolute Gasteiger partial charge is 0.253 e. The molecule has 1 aliphatic heterocycles. The van der Waals surface area contributed by atoms with Gasteiger partial charge in [-0.15, -0.1) is 11.3 Å². The Balaban J connectivity index is 1.65. The molecule has 1 fully saturated rings. The van der Waals surface area contributed by atoms with Gasteiger partial charge >= 0.3 is 0 Å². The van der Waals surface area contributed by atoms with E-state index >= 15 is 0 Å². The van der Waals surface area contributed by atoms with Crippen molar-refractivity contribution in [3.8, 4) is 0 Å². The van der Waals surface area contributed by atoms with Crippen molar-refractivity contribution in [2.75, 3.05) is 38.6 Å². The van der Waals surface area contributed by atoms with Crippen LogP contribution in [0.4, 0.5) is 5.13 Å². The van der Waals surface area contributed by atoms with Gasteiger partial charge in [0.25, 0.3) is 10.0 Å². The SMILES string of the molecule is CN(C)CCCN(C(=O)C1CCCN1S(=O)(=O)c1ccc(Cl)s1)c1nc2ccc(Br)cc2s1. The minimum absolute atomic E-state index is 0.163. The lowest BCUT2D eigenvalue weighted by Crippen LogP contribution is -2.48. The number of thiophene rings is 1. The van der Waals surface area contributed by atoms with Gasteiger partial charge in [0.1, 0.15) is 10.3 Å². The molecule has 0 N–H and O–H groups in total. The molecule has 3 aromatic rings. The monoisotopic (exact) mass is 590 g/mol. The molecule has 0 spiro atoms. The average Bonchev–Trinajstić information content (AvgIpc) is 3.49. The minimum atomic E-state index is -3.80. The summed E-state index contributed by atoms with van der Waals surface area (Å²) in [6.45, 7) is 1.58. The summed E-state index contributed by atoms with van der Waals surface area (Å²) in [5.74, 6) is -0.226. The number of sulfonamides is 1. The summed E-state index contributed by atoms with van der Waals surface area (Å²) in [5, 5.41) is 0.593. The maximum absolute atomic E-state index is 13.8. The van der Waals surface area contributed by atoms with Crippen molar-refractivity contribution < 1.29 is 13.2 Å². The van der Waals surface area contributed by atoms with Crippen molar-refractivity contribution >= 4 is 81.5 Å². The molecule has 178 valence electrons. The van der Waals surface area contributed by atoms with Crippen LogP contribution in [0, 0.1) is 0 Å². The van der Waals surface area contributed by atoms with Gasteiger partial charge in [0.15, 0.2) is 5.13 Å². The second kappa shape index (κ2) is 10.3. The number of thiazole rings is 1. The largest absolute Gasteiger partial charge is 0.309 e. The normalized spacial score (nSPS) is 17.3. The molecule has 33 heavy (non-hydrogen) atoms. The summed E-state index contributed by atoms with van der Waals surface area (Å²) >= 11 is 11.9. The van der Waals surface area contributed by atoms with Gasteiger partial charge in [-0.2, -0.15) is 4.31 Å². The molecule has 0 aliphatic carbocycles. The molecule has 0 bridgehead atoms. The number of benzene rings is 1. The van der Waals surface area contributed by atoms with Gasteiger partial charge in [0.2, 0.25) is 5.91 Å². The van der Waals surface area contributed by atoms with Gasteiger partial charge in [-0.25, -0.2) is 13.4 Å². The summed E-state index contributed by atoms with van der Waals surface area (Å²) in [7, 11) is 0.166. The highest BCUT2D eigenvalue weighted by atomic mass is 79.9. The van der Waals surface area contributed by atoms with E-state index in [2.05, 4.69) is 20.8 Å². The van der Waals surface area contributed by atoms with Crippen LogP contribution in [0.5, 0.6) is 0 Å². The first-order chi connectivity index (χ1) is 15.7. The molecule has 0 radical (unpaired) electrons. The molecule has 4 rings (SSSR count). The van der Waals surface area contributed by atoms with Crippen molar-refractivity contribution in [2.24, 2.45) is 0 Å². The van der Waals surface area contributed by atoms with E-state index in [0.29, 0.717) is 35.4 Å². The summed E-state index contributed by atoms with van der Waals surface area (Å²) in [6, 6.07) is 8.12. The lowest BCUT2D eigenvalue weighted by molar-refractivity contribution is -0.121. The van der Waals surface area contributed by atoms with E-state index in [1.54, 1.807) is 11.0 Å². The van der Waals surface area contributed by atoms with E-state index in [0.717, 1.165) is 39.0 Å². The van der Waals surface area contributed by atoms with E-state index in [4.69, 9.17) is 16.6 Å². The van der Waals surface area contributed by atoms with Crippen molar-refractivity contribution in [3.63, 3.8) is 0 Å². The first-order valence-electron chi connectivity index (χ1n) is 10.5. The minimum Gasteiger partial charge on any atom is -0.309 e. The maximum Gasteiger partial charge on any atom is 0.253 e. The third-order valence-electron chi connectivity index (χ3n) is 5.42. The zero-order valence-corrected chi connectivity index (χ0v) is 23.0. The first kappa shape index (κ1) is 25.0. The first-order valence-corrected chi connectivity index (χ1v) is 14.7. The third kappa shape index (κ3) is 5.44. The maximum atomic E-state index is 13.8. The van der Waals surface area contributed by atoms with Crippen molar-refractivity contribution in [2.45, 2.75) is 29.5 Å². The van der Waals surface area contributed by atoms with Gasteiger partial charge in [0.05, 0.1) is 14.6 Å². The van der Waals surface area contributed by atoms with Crippen molar-refractivity contribution in [1.82, 2.24) is 14.2 Å². The fourth-order valence-corrected chi connectivity index (χ4v) is 8.67. The topological polar surface area (TPSA) is 73.8 Å². The summed E-state index contributed by atoms with van der Waals surface area (Å²) in [6.07, 6.45) is 1.86. The number of hydrogen-bond acceptors (Lipinski definition) is 7. The molecule has 1 amide bonds. The Morgan fingerprint density at radius 3 is 2.73 bits per heavy atom. The molecule has 1 atom stereocenters. The van der Waals surface area contributed by atoms with Crippen LogP contribution in [0.25, 0.3) is 10.2 Å². The number of carbonyl (C=O) groups excluding carboxylic acids is 1. The molecular weight excluding hydrogens is 568 g/mol. The number of anilines is 1. The summed E-state index contributed by atoms with van der Waals surface area (Å²) in [5.41, 5.74) is 0.813. The lowest BCUT2D eigenvalue weighted by atomic mass is 10.2. The van der Waals surface area contributed by atoms with Crippen LogP contribution in [0.1, 0.15) is 19.3 Å². The van der Waals surface area contributed by atoms with Crippen LogP contribution in [-0.2, 0) is 14.8 Å². The quantitative estimate of drug-likeness (QED) is 0.372. The number of rotatable bonds is 8. The van der Waals surface area contributed by atoms with Crippen LogP contribution in [0.3, 0.4) is 0 Å². The predicted octanol–water partition coefficient (Wildman–Crippen LogP) is 4.91. The van der Waals surface area contributed by atoms with Crippen LogP contribution in [-0.4, -0.2) is 68.3 Å². The number of carbonyl (C=O) groups is 1. The van der Waals surface area contributed by atoms with E-state index < -0.39 is 16.1 Å². The number of nitrogens with zero attached hydrogens (tertiary/aromatic N) is 4. The molecule has 3 heterocycles. The predicted molar refractivity (Wildman–Crippen MR) is 139 cm³/mol. The highest BCUT2D eigenvalue weighted by Gasteiger charge is 2.42. The summed E-state index contributed by atoms with van der Waals surface area (Å²) in [4.78, 5) is 22.2. The Labute approximate surface area is 215 Å². The zero-order valence-electron chi connectivity index (χ0n) is 18.2. The molecule has 7 nitrogen and oxygen atoms in total. The van der Waals surface area contributed by atoms with Gasteiger partial charge in [-0.1, -0.05) is 38.9 Å². The number of halogens is 2. The molecule has 12 heteroatoms. The van der Waals surface area contributed by atoms with E-state index in [1.165, 1.54) is 21.7 Å². The van der Waals surface area contributed by atoms with Crippen LogP contribution < -0.4 is 4.90 Å². The second-order valence-corrected chi connectivity index (χ2v) is 13.8. The average molecular weight is 592 g/mol. The van der Waals surface area contributed by atoms with E-state index in [1.807, 2.05) is 32.3 Å². The number of fused-ring (bicyclic) bond motifs is 1. The second-order valence-electron chi connectivity index (χ2n) is 8.09. The number of hydrogen-bond donors (Lipinski definition) is 0. The molecule has 1 aromatic carbocycles. The van der Waals surface area contributed by atoms with E-state index in [-0.39, 0.29) is 10.1 Å². The van der Waals surface area contributed by atoms with Gasteiger partial charge < -0.3 is 4.90 Å². The van der Waals surface area contributed by atoms with Gasteiger partial charge in [0, 0.05) is 17.6 Å². The number of amides is 1. The van der Waals surface area contributed by atoms with Crippen LogP contribution >= 0.6 is 50.2 Å². The fourth-order valence-electron chi connectivity index (χ4n) is 3.85. The van der Waals surface area contributed by atoms with E-state index in [9.17, 15) is 13.2 Å².